The van der Waals surface area contributed by atoms with Crippen molar-refractivity contribution in [3.8, 4) is 0 Å². The van der Waals surface area contributed by atoms with Crippen LogP contribution in [0.2, 0.25) is 0 Å². The molecular formula is C12H24. The van der Waals surface area contributed by atoms with E-state index in [9.17, 15) is 0 Å². The second-order valence-electron chi connectivity index (χ2n) is 5.26. The molecule has 0 aromatic rings. The van der Waals surface area contributed by atoms with E-state index in [1.807, 2.05) is 0 Å². The van der Waals surface area contributed by atoms with Crippen molar-refractivity contribution in [2.24, 2.45) is 23.2 Å². The van der Waals surface area contributed by atoms with Crippen LogP contribution >= 0.6 is 0 Å². The molecule has 0 aliphatic heterocycles. The third-order valence-corrected chi connectivity index (χ3v) is 4.10. The molecule has 0 heteroatoms. The molecule has 0 amide bonds. The molecule has 1 aliphatic carbocycles. The molecule has 1 aliphatic rings. The number of hydrogen-bond acceptors (Lipinski definition) is 0. The van der Waals surface area contributed by atoms with Gasteiger partial charge >= 0.3 is 0 Å². The Bertz CT molecular complexity index is 146. The topological polar surface area (TPSA) is 0 Å². The van der Waals surface area contributed by atoms with Crippen molar-refractivity contribution < 1.29 is 0 Å². The molecule has 3 unspecified atom stereocenters. The van der Waals surface area contributed by atoms with Crippen molar-refractivity contribution in [2.75, 3.05) is 0 Å². The summed E-state index contributed by atoms with van der Waals surface area (Å²) in [6.45, 7) is 12.0. The number of rotatable bonds is 3. The van der Waals surface area contributed by atoms with Gasteiger partial charge in [0.05, 0.1) is 0 Å². The van der Waals surface area contributed by atoms with Crippen LogP contribution in [0.15, 0.2) is 0 Å². The predicted octanol–water partition coefficient (Wildman–Crippen LogP) is 4.10. The largest absolute Gasteiger partial charge is 0.0651 e. The van der Waals surface area contributed by atoms with Gasteiger partial charge in [0.1, 0.15) is 0 Å². The highest BCUT2D eigenvalue weighted by molar-refractivity contribution is 4.96. The molecule has 12 heavy (non-hydrogen) atoms. The molecule has 0 bridgehead atoms. The molecule has 72 valence electrons. The van der Waals surface area contributed by atoms with Crippen molar-refractivity contribution in [1.82, 2.24) is 0 Å². The van der Waals surface area contributed by atoms with Crippen LogP contribution in [-0.2, 0) is 0 Å². The van der Waals surface area contributed by atoms with Crippen LogP contribution in [0.3, 0.4) is 0 Å². The van der Waals surface area contributed by atoms with Gasteiger partial charge in [-0.1, -0.05) is 47.5 Å². The minimum absolute atomic E-state index is 0.642. The van der Waals surface area contributed by atoms with E-state index < -0.39 is 0 Å². The Hall–Kier alpha value is 0. The Balaban J connectivity index is 2.51. The molecule has 0 radical (unpaired) electrons. The fourth-order valence-corrected chi connectivity index (χ4v) is 3.08. The smallest absolute Gasteiger partial charge is 0.0320 e. The minimum atomic E-state index is 0.642. The highest BCUT2D eigenvalue weighted by Crippen LogP contribution is 2.55. The van der Waals surface area contributed by atoms with E-state index in [2.05, 4.69) is 34.6 Å². The first-order chi connectivity index (χ1) is 5.53. The molecule has 0 N–H and O–H groups in total. The maximum atomic E-state index is 2.43. The quantitative estimate of drug-likeness (QED) is 0.595. The summed E-state index contributed by atoms with van der Waals surface area (Å²) >= 11 is 0. The summed E-state index contributed by atoms with van der Waals surface area (Å²) < 4.78 is 0. The van der Waals surface area contributed by atoms with Gasteiger partial charge in [0.2, 0.25) is 0 Å². The first kappa shape index (κ1) is 10.1. The van der Waals surface area contributed by atoms with Crippen LogP contribution in [0.1, 0.15) is 53.9 Å². The van der Waals surface area contributed by atoms with Crippen LogP contribution in [0.5, 0.6) is 0 Å². The van der Waals surface area contributed by atoms with E-state index in [0.717, 1.165) is 17.8 Å². The van der Waals surface area contributed by atoms with Gasteiger partial charge in [-0.25, -0.2) is 0 Å². The SMILES string of the molecule is CCC(C)C1CC(C)(C)C1CC. The van der Waals surface area contributed by atoms with Crippen molar-refractivity contribution in [3.63, 3.8) is 0 Å². The van der Waals surface area contributed by atoms with E-state index in [1.54, 1.807) is 0 Å². The van der Waals surface area contributed by atoms with E-state index in [0.29, 0.717) is 5.41 Å². The van der Waals surface area contributed by atoms with Gasteiger partial charge in [-0.2, -0.15) is 0 Å². The summed E-state index contributed by atoms with van der Waals surface area (Å²) in [5.74, 6) is 2.96. The minimum Gasteiger partial charge on any atom is -0.0651 e. The number of hydrogen-bond donors (Lipinski definition) is 0. The molecule has 3 atom stereocenters. The average molecular weight is 168 g/mol. The Kier molecular flexibility index (Phi) is 2.85. The summed E-state index contributed by atoms with van der Waals surface area (Å²) in [6.07, 6.45) is 4.19. The van der Waals surface area contributed by atoms with Crippen LogP contribution in [0, 0.1) is 23.2 Å². The molecule has 0 aromatic heterocycles. The second-order valence-corrected chi connectivity index (χ2v) is 5.26. The maximum Gasteiger partial charge on any atom is -0.0320 e. The standard InChI is InChI=1S/C12H24/c1-6-9(3)10-8-12(4,5)11(10)7-2/h9-11H,6-8H2,1-5H3. The summed E-state index contributed by atoms with van der Waals surface area (Å²) in [4.78, 5) is 0. The van der Waals surface area contributed by atoms with E-state index >= 15 is 0 Å². The predicted molar refractivity (Wildman–Crippen MR) is 55.1 cm³/mol. The van der Waals surface area contributed by atoms with Gasteiger partial charge < -0.3 is 0 Å². The molecule has 0 nitrogen and oxygen atoms in total. The van der Waals surface area contributed by atoms with Gasteiger partial charge in [-0.3, -0.25) is 0 Å². The molecule has 0 heterocycles. The van der Waals surface area contributed by atoms with Gasteiger partial charge in [0.25, 0.3) is 0 Å². The molecule has 1 fully saturated rings. The zero-order valence-corrected chi connectivity index (χ0v) is 9.35. The van der Waals surface area contributed by atoms with Crippen LogP contribution < -0.4 is 0 Å². The van der Waals surface area contributed by atoms with E-state index in [-0.39, 0.29) is 0 Å². The van der Waals surface area contributed by atoms with Gasteiger partial charge in [0, 0.05) is 0 Å². The van der Waals surface area contributed by atoms with Gasteiger partial charge in [-0.15, -0.1) is 0 Å². The average Bonchev–Trinajstić information content (AvgIpc) is 2.00. The fraction of sp³-hybridized carbons (Fsp3) is 1.00. The molecule has 0 aromatic carbocycles. The van der Waals surface area contributed by atoms with Crippen LogP contribution in [0.4, 0.5) is 0 Å². The third-order valence-electron chi connectivity index (χ3n) is 4.10. The summed E-state index contributed by atoms with van der Waals surface area (Å²) in [5.41, 5.74) is 0.642. The Morgan fingerprint density at radius 3 is 2.25 bits per heavy atom. The lowest BCUT2D eigenvalue weighted by molar-refractivity contribution is -0.0455. The van der Waals surface area contributed by atoms with Crippen LogP contribution in [0.25, 0.3) is 0 Å². The van der Waals surface area contributed by atoms with Gasteiger partial charge in [0.15, 0.2) is 0 Å². The first-order valence-electron chi connectivity index (χ1n) is 5.53. The summed E-state index contributed by atoms with van der Waals surface area (Å²) in [5, 5.41) is 0. The Labute approximate surface area is 77.7 Å². The van der Waals surface area contributed by atoms with Crippen molar-refractivity contribution in [1.29, 1.82) is 0 Å². The van der Waals surface area contributed by atoms with Crippen molar-refractivity contribution in [2.45, 2.75) is 53.9 Å². The first-order valence-corrected chi connectivity index (χ1v) is 5.53. The second kappa shape index (κ2) is 3.40. The zero-order valence-electron chi connectivity index (χ0n) is 9.35. The maximum absolute atomic E-state index is 2.43. The zero-order chi connectivity index (χ0) is 9.35. The lowest BCUT2D eigenvalue weighted by Crippen LogP contribution is -2.46. The molecule has 1 saturated carbocycles. The Morgan fingerprint density at radius 1 is 1.33 bits per heavy atom. The van der Waals surface area contributed by atoms with E-state index in [1.165, 1.54) is 19.3 Å². The molecule has 0 spiro atoms. The van der Waals surface area contributed by atoms with Crippen molar-refractivity contribution in [3.05, 3.63) is 0 Å². The molecular weight excluding hydrogens is 144 g/mol. The third kappa shape index (κ3) is 1.53. The lowest BCUT2D eigenvalue weighted by Gasteiger charge is -2.54. The Morgan fingerprint density at radius 2 is 1.92 bits per heavy atom. The van der Waals surface area contributed by atoms with E-state index in [4.69, 9.17) is 0 Å². The van der Waals surface area contributed by atoms with Crippen molar-refractivity contribution >= 4 is 0 Å². The highest BCUT2D eigenvalue weighted by atomic mass is 14.5. The normalized spacial score (nSPS) is 35.8. The lowest BCUT2D eigenvalue weighted by atomic mass is 9.51. The monoisotopic (exact) mass is 168 g/mol. The highest BCUT2D eigenvalue weighted by Gasteiger charge is 2.47. The van der Waals surface area contributed by atoms with Gasteiger partial charge in [-0.05, 0) is 29.6 Å². The molecule has 0 saturated heterocycles. The molecule has 1 rings (SSSR count). The summed E-state index contributed by atoms with van der Waals surface area (Å²) in [7, 11) is 0. The fourth-order valence-electron chi connectivity index (χ4n) is 3.08. The van der Waals surface area contributed by atoms with Crippen LogP contribution in [-0.4, -0.2) is 0 Å². The summed E-state index contributed by atoms with van der Waals surface area (Å²) in [6, 6.07) is 0.